The molecule has 0 aliphatic rings. The van der Waals surface area contributed by atoms with Gasteiger partial charge in [-0.3, -0.25) is 4.79 Å². The van der Waals surface area contributed by atoms with Gasteiger partial charge in [0.2, 0.25) is 6.43 Å². The van der Waals surface area contributed by atoms with Gasteiger partial charge in [-0.25, -0.2) is 8.78 Å². The molecule has 2 nitrogen and oxygen atoms in total. The van der Waals surface area contributed by atoms with Gasteiger partial charge < -0.3 is 4.74 Å². The Bertz CT molecular complexity index is 176. The van der Waals surface area contributed by atoms with E-state index in [0.29, 0.717) is 0 Å². The lowest BCUT2D eigenvalue weighted by Gasteiger charge is -2.22. The average molecular weight is 194 g/mol. The number of hydrogen-bond donors (Lipinski definition) is 0. The van der Waals surface area contributed by atoms with Crippen LogP contribution in [0, 0.1) is 5.41 Å². The first-order valence-electron chi connectivity index (χ1n) is 4.23. The summed E-state index contributed by atoms with van der Waals surface area (Å²) in [7, 11) is 0. The summed E-state index contributed by atoms with van der Waals surface area (Å²) in [6.45, 7) is 6.07. The van der Waals surface area contributed by atoms with Crippen molar-refractivity contribution in [1.29, 1.82) is 0 Å². The van der Waals surface area contributed by atoms with Crippen molar-refractivity contribution in [2.45, 2.75) is 46.6 Å². The van der Waals surface area contributed by atoms with Gasteiger partial charge in [0, 0.05) is 5.41 Å². The Morgan fingerprint density at radius 1 is 1.38 bits per heavy atom. The average Bonchev–Trinajstić information content (AvgIpc) is 1.82. The Morgan fingerprint density at radius 2 is 1.85 bits per heavy atom. The quantitative estimate of drug-likeness (QED) is 0.643. The van der Waals surface area contributed by atoms with E-state index in [4.69, 9.17) is 4.74 Å². The van der Waals surface area contributed by atoms with E-state index < -0.39 is 17.8 Å². The maximum Gasteiger partial charge on any atom is 0.306 e. The zero-order valence-electron chi connectivity index (χ0n) is 8.43. The molecule has 0 bridgehead atoms. The van der Waals surface area contributed by atoms with Crippen LogP contribution in [0.25, 0.3) is 0 Å². The molecule has 0 saturated carbocycles. The maximum absolute atomic E-state index is 12.3. The van der Waals surface area contributed by atoms with E-state index in [-0.39, 0.29) is 12.5 Å². The summed E-state index contributed by atoms with van der Waals surface area (Å²) >= 11 is 0. The minimum atomic E-state index is -2.51. The number of carbonyl (C=O) groups excluding carboxylic acids is 1. The third-order valence-corrected chi connectivity index (χ3v) is 1.56. The van der Waals surface area contributed by atoms with E-state index in [2.05, 4.69) is 0 Å². The van der Waals surface area contributed by atoms with E-state index in [9.17, 15) is 13.6 Å². The number of alkyl halides is 2. The Hall–Kier alpha value is -0.670. The zero-order chi connectivity index (χ0) is 10.6. The number of hydrogen-bond acceptors (Lipinski definition) is 2. The monoisotopic (exact) mass is 194 g/mol. The fourth-order valence-electron chi connectivity index (χ4n) is 0.754. The predicted molar refractivity (Wildman–Crippen MR) is 45.6 cm³/mol. The zero-order valence-corrected chi connectivity index (χ0v) is 8.43. The van der Waals surface area contributed by atoms with Crippen LogP contribution in [-0.2, 0) is 9.53 Å². The Balaban J connectivity index is 4.05. The van der Waals surface area contributed by atoms with Gasteiger partial charge in [-0.2, -0.15) is 0 Å². The van der Waals surface area contributed by atoms with E-state index >= 15 is 0 Å². The van der Waals surface area contributed by atoms with Crippen molar-refractivity contribution in [3.8, 4) is 0 Å². The van der Waals surface area contributed by atoms with Crippen molar-refractivity contribution >= 4 is 5.97 Å². The van der Waals surface area contributed by atoms with Crippen molar-refractivity contribution in [2.24, 2.45) is 5.41 Å². The molecular formula is C9H16F2O2. The molecule has 0 unspecified atom stereocenters. The molecule has 0 N–H and O–H groups in total. The van der Waals surface area contributed by atoms with Crippen LogP contribution in [0.3, 0.4) is 0 Å². The second kappa shape index (κ2) is 4.53. The van der Waals surface area contributed by atoms with Crippen molar-refractivity contribution < 1.29 is 18.3 Å². The van der Waals surface area contributed by atoms with Crippen LogP contribution in [0.4, 0.5) is 8.78 Å². The molecule has 0 saturated heterocycles. The molecule has 0 heterocycles. The predicted octanol–water partition coefficient (Wildman–Crippen LogP) is 2.62. The lowest BCUT2D eigenvalue weighted by molar-refractivity contribution is -0.152. The van der Waals surface area contributed by atoms with Crippen LogP contribution < -0.4 is 0 Å². The number of ether oxygens (including phenoxy) is 1. The van der Waals surface area contributed by atoms with Crippen molar-refractivity contribution in [3.05, 3.63) is 0 Å². The summed E-state index contributed by atoms with van der Waals surface area (Å²) in [4.78, 5) is 11.0. The van der Waals surface area contributed by atoms with Gasteiger partial charge >= 0.3 is 5.97 Å². The third-order valence-electron chi connectivity index (χ3n) is 1.56. The largest absolute Gasteiger partial charge is 0.463 e. The minimum absolute atomic E-state index is 0.247. The van der Waals surface area contributed by atoms with Crippen LogP contribution in [-0.4, -0.2) is 18.5 Å². The van der Waals surface area contributed by atoms with Crippen LogP contribution in [0.15, 0.2) is 0 Å². The molecule has 0 aromatic heterocycles. The van der Waals surface area contributed by atoms with Gasteiger partial charge in [-0.15, -0.1) is 0 Å². The summed E-state index contributed by atoms with van der Waals surface area (Å²) in [5.74, 6) is -0.569. The molecule has 13 heavy (non-hydrogen) atoms. The normalized spacial score (nSPS) is 12.3. The van der Waals surface area contributed by atoms with E-state index in [1.807, 2.05) is 0 Å². The highest BCUT2D eigenvalue weighted by atomic mass is 19.3. The second-order valence-corrected chi connectivity index (χ2v) is 4.00. The van der Waals surface area contributed by atoms with Gasteiger partial charge in [0.05, 0.1) is 12.5 Å². The van der Waals surface area contributed by atoms with Gasteiger partial charge in [0.15, 0.2) is 0 Å². The lowest BCUT2D eigenvalue weighted by Crippen LogP contribution is -2.27. The fraction of sp³-hybridized carbons (Fsp3) is 0.889. The number of rotatable bonds is 4. The first-order chi connectivity index (χ1) is 5.75. The van der Waals surface area contributed by atoms with Crippen LogP contribution in [0.2, 0.25) is 0 Å². The third kappa shape index (κ3) is 4.80. The summed E-state index contributed by atoms with van der Waals surface area (Å²) < 4.78 is 29.4. The van der Waals surface area contributed by atoms with Crippen molar-refractivity contribution in [2.75, 3.05) is 0 Å². The molecule has 0 fully saturated rings. The molecule has 0 aliphatic heterocycles. The maximum atomic E-state index is 12.3. The molecular weight excluding hydrogens is 178 g/mol. The Labute approximate surface area is 77.3 Å². The molecule has 0 amide bonds. The standard InChI is InChI=1S/C9H16F2O2/c1-6(2)13-7(12)5-9(3,4)8(10)11/h6,8H,5H2,1-4H3. The second-order valence-electron chi connectivity index (χ2n) is 4.00. The highest BCUT2D eigenvalue weighted by Gasteiger charge is 2.32. The van der Waals surface area contributed by atoms with E-state index in [1.165, 1.54) is 13.8 Å². The SMILES string of the molecule is CC(C)OC(=O)CC(C)(C)C(F)F. The minimum Gasteiger partial charge on any atom is -0.463 e. The van der Waals surface area contributed by atoms with E-state index in [1.54, 1.807) is 13.8 Å². The number of esters is 1. The van der Waals surface area contributed by atoms with Gasteiger partial charge in [0.25, 0.3) is 0 Å². The highest BCUT2D eigenvalue weighted by molar-refractivity contribution is 5.70. The molecule has 0 spiro atoms. The van der Waals surface area contributed by atoms with Crippen LogP contribution >= 0.6 is 0 Å². The van der Waals surface area contributed by atoms with Crippen LogP contribution in [0.1, 0.15) is 34.1 Å². The molecule has 0 aromatic rings. The van der Waals surface area contributed by atoms with Gasteiger partial charge in [-0.1, -0.05) is 13.8 Å². The van der Waals surface area contributed by atoms with Gasteiger partial charge in [0.1, 0.15) is 0 Å². The smallest absolute Gasteiger partial charge is 0.306 e. The summed E-state index contributed by atoms with van der Waals surface area (Å²) in [5, 5.41) is 0. The lowest BCUT2D eigenvalue weighted by atomic mass is 9.90. The Kier molecular flexibility index (Phi) is 4.30. The van der Waals surface area contributed by atoms with Crippen molar-refractivity contribution in [3.63, 3.8) is 0 Å². The number of halogens is 2. The summed E-state index contributed by atoms with van der Waals surface area (Å²) in [6, 6.07) is 0. The van der Waals surface area contributed by atoms with Gasteiger partial charge in [-0.05, 0) is 13.8 Å². The molecule has 0 rings (SSSR count). The molecule has 0 radical (unpaired) electrons. The summed E-state index contributed by atoms with van der Waals surface area (Å²) in [6.07, 6.45) is -3.00. The number of carbonyl (C=O) groups is 1. The van der Waals surface area contributed by atoms with E-state index in [0.717, 1.165) is 0 Å². The first kappa shape index (κ1) is 12.3. The highest BCUT2D eigenvalue weighted by Crippen LogP contribution is 2.29. The molecule has 0 aromatic carbocycles. The van der Waals surface area contributed by atoms with Crippen LogP contribution in [0.5, 0.6) is 0 Å². The topological polar surface area (TPSA) is 26.3 Å². The fourth-order valence-corrected chi connectivity index (χ4v) is 0.754. The Morgan fingerprint density at radius 3 is 2.15 bits per heavy atom. The van der Waals surface area contributed by atoms with Crippen molar-refractivity contribution in [1.82, 2.24) is 0 Å². The first-order valence-corrected chi connectivity index (χ1v) is 4.23. The molecule has 0 atom stereocenters. The molecule has 4 heteroatoms. The molecule has 0 aliphatic carbocycles. The summed E-state index contributed by atoms with van der Waals surface area (Å²) in [5.41, 5.74) is -1.30. The molecule has 78 valence electrons.